The van der Waals surface area contributed by atoms with Gasteiger partial charge in [-0.1, -0.05) is 6.07 Å². The van der Waals surface area contributed by atoms with E-state index in [2.05, 4.69) is 26.5 Å². The molecule has 10 heteroatoms. The van der Waals surface area contributed by atoms with Gasteiger partial charge in [0.2, 0.25) is 0 Å². The zero-order valence-corrected chi connectivity index (χ0v) is 12.3. The first-order valence-electron chi connectivity index (χ1n) is 6.53. The first-order chi connectivity index (χ1) is 11.0. The van der Waals surface area contributed by atoms with Crippen molar-refractivity contribution in [1.82, 2.24) is 21.2 Å². The molecule has 1 saturated heterocycles. The lowest BCUT2D eigenvalue weighted by molar-refractivity contribution is -0.118. The summed E-state index contributed by atoms with van der Waals surface area (Å²) in [4.78, 5) is 27.5. The first kappa shape index (κ1) is 15.3. The fourth-order valence-corrected chi connectivity index (χ4v) is 2.79. The van der Waals surface area contributed by atoms with Crippen molar-refractivity contribution < 1.29 is 18.4 Å². The van der Waals surface area contributed by atoms with E-state index in [9.17, 15) is 18.4 Å². The van der Waals surface area contributed by atoms with Crippen molar-refractivity contribution in [2.24, 2.45) is 0 Å². The summed E-state index contributed by atoms with van der Waals surface area (Å²) in [6, 6.07) is 2.87. The molecule has 1 aromatic carbocycles. The topological polar surface area (TPSA) is 95.2 Å². The van der Waals surface area contributed by atoms with Gasteiger partial charge < -0.3 is 5.32 Å². The summed E-state index contributed by atoms with van der Waals surface area (Å²) < 4.78 is 26.5. The zero-order chi connectivity index (χ0) is 16.4. The number of urea groups is 1. The molecule has 120 valence electrons. The number of carbonyl (C=O) groups excluding carboxylic acids is 2. The van der Waals surface area contributed by atoms with Gasteiger partial charge in [0, 0.05) is 23.6 Å². The Kier molecular flexibility index (Phi) is 4.17. The van der Waals surface area contributed by atoms with Crippen LogP contribution in [0.3, 0.4) is 0 Å². The second-order valence-corrected chi connectivity index (χ2v) is 5.82. The summed E-state index contributed by atoms with van der Waals surface area (Å²) in [5, 5.41) is 5.20. The number of thiazole rings is 1. The summed E-state index contributed by atoms with van der Waals surface area (Å²) in [7, 11) is 0. The molecule has 4 N–H and O–H groups in total. The Balaban J connectivity index is 1.64. The number of benzene rings is 1. The van der Waals surface area contributed by atoms with Gasteiger partial charge in [-0.15, -0.1) is 11.3 Å². The van der Waals surface area contributed by atoms with Crippen molar-refractivity contribution in [2.45, 2.75) is 12.6 Å². The van der Waals surface area contributed by atoms with Gasteiger partial charge in [-0.05, 0) is 11.6 Å². The number of aromatic nitrogens is 1. The van der Waals surface area contributed by atoms with Crippen molar-refractivity contribution in [3.8, 4) is 0 Å². The first-order valence-corrected chi connectivity index (χ1v) is 7.34. The third-order valence-corrected chi connectivity index (χ3v) is 3.94. The number of hydrogen-bond donors (Lipinski definition) is 4. The second kappa shape index (κ2) is 6.26. The molecule has 7 nitrogen and oxygen atoms in total. The van der Waals surface area contributed by atoms with E-state index in [1.165, 1.54) is 18.3 Å². The molecule has 0 saturated carbocycles. The molecule has 1 atom stereocenters. The Labute approximate surface area is 133 Å². The Hall–Kier alpha value is -2.59. The van der Waals surface area contributed by atoms with Crippen molar-refractivity contribution in [1.29, 1.82) is 0 Å². The van der Waals surface area contributed by atoms with E-state index in [-0.39, 0.29) is 6.42 Å². The number of hydrogen-bond acceptors (Lipinski definition) is 5. The predicted molar refractivity (Wildman–Crippen MR) is 78.5 cm³/mol. The molecule has 1 aliphatic heterocycles. The fraction of sp³-hybridized carbons (Fsp3) is 0.154. The van der Waals surface area contributed by atoms with Crippen molar-refractivity contribution in [3.05, 3.63) is 46.5 Å². The molecule has 0 aliphatic carbocycles. The summed E-state index contributed by atoms with van der Waals surface area (Å²) in [6.07, 6.45) is 0.839. The molecule has 2 aromatic rings. The Morgan fingerprint density at radius 1 is 1.39 bits per heavy atom. The van der Waals surface area contributed by atoms with Gasteiger partial charge >= 0.3 is 6.03 Å². The number of nitrogens with one attached hydrogen (secondary N) is 4. The highest BCUT2D eigenvalue weighted by Crippen LogP contribution is 2.22. The summed E-state index contributed by atoms with van der Waals surface area (Å²) >= 11 is 1.16. The number of hydrazine groups is 1. The van der Waals surface area contributed by atoms with Crippen LogP contribution in [0.1, 0.15) is 10.4 Å². The molecule has 0 bridgehead atoms. The molecule has 1 aromatic heterocycles. The van der Waals surface area contributed by atoms with E-state index < -0.39 is 29.7 Å². The summed E-state index contributed by atoms with van der Waals surface area (Å²) in [5.41, 5.74) is 5.02. The van der Waals surface area contributed by atoms with Crippen LogP contribution in [-0.2, 0) is 11.2 Å². The van der Waals surface area contributed by atoms with Gasteiger partial charge in [-0.3, -0.25) is 15.5 Å². The van der Waals surface area contributed by atoms with E-state index in [0.29, 0.717) is 15.6 Å². The van der Waals surface area contributed by atoms with Crippen LogP contribution in [0.25, 0.3) is 0 Å². The smallest absolute Gasteiger partial charge is 0.312 e. The molecule has 3 amide bonds. The van der Waals surface area contributed by atoms with Gasteiger partial charge in [-0.25, -0.2) is 24.0 Å². The highest BCUT2D eigenvalue weighted by molar-refractivity contribution is 7.15. The van der Waals surface area contributed by atoms with E-state index in [4.69, 9.17) is 0 Å². The molecule has 1 aliphatic rings. The average Bonchev–Trinajstić information content (AvgIpc) is 3.11. The third-order valence-electron chi connectivity index (χ3n) is 3.03. The molecule has 1 fully saturated rings. The van der Waals surface area contributed by atoms with E-state index in [0.717, 1.165) is 17.4 Å². The predicted octanol–water partition coefficient (Wildman–Crippen LogP) is 1.09. The summed E-state index contributed by atoms with van der Waals surface area (Å²) in [6.45, 7) is 0. The molecule has 3 rings (SSSR count). The van der Waals surface area contributed by atoms with Crippen LogP contribution in [0.15, 0.2) is 24.4 Å². The third kappa shape index (κ3) is 3.60. The summed E-state index contributed by atoms with van der Waals surface area (Å²) in [5.74, 6) is -1.76. The SMILES string of the molecule is O=C1NNC(C(=O)Nc2ncc(Cc3ccc(F)cc3F)s2)N1. The minimum absolute atomic E-state index is 0.236. The van der Waals surface area contributed by atoms with Crippen LogP contribution in [0.5, 0.6) is 0 Å². The minimum atomic E-state index is -0.899. The number of rotatable bonds is 4. The van der Waals surface area contributed by atoms with Crippen molar-refractivity contribution in [3.63, 3.8) is 0 Å². The van der Waals surface area contributed by atoms with E-state index in [1.807, 2.05) is 0 Å². The Morgan fingerprint density at radius 2 is 2.22 bits per heavy atom. The highest BCUT2D eigenvalue weighted by atomic mass is 32.1. The maximum absolute atomic E-state index is 13.6. The van der Waals surface area contributed by atoms with Gasteiger partial charge in [0.25, 0.3) is 5.91 Å². The number of amides is 3. The largest absolute Gasteiger partial charge is 0.330 e. The van der Waals surface area contributed by atoms with Gasteiger partial charge in [0.05, 0.1) is 0 Å². The van der Waals surface area contributed by atoms with Gasteiger partial charge in [0.1, 0.15) is 11.6 Å². The number of nitrogens with zero attached hydrogens (tertiary/aromatic N) is 1. The monoisotopic (exact) mass is 339 g/mol. The molecule has 0 spiro atoms. The van der Waals surface area contributed by atoms with E-state index >= 15 is 0 Å². The standard InChI is InChI=1S/C13H11F2N5O2S/c14-7-2-1-6(9(15)4-7)3-8-5-16-13(23-8)18-11(21)10-17-12(22)20-19-10/h1-2,4-5,10,19H,3H2,(H,16,18,21)(H2,17,20,22). The lowest BCUT2D eigenvalue weighted by Crippen LogP contribution is -2.44. The van der Waals surface area contributed by atoms with Crippen LogP contribution >= 0.6 is 11.3 Å². The number of carbonyl (C=O) groups is 2. The number of halogens is 2. The molecule has 0 radical (unpaired) electrons. The van der Waals surface area contributed by atoms with Crippen molar-refractivity contribution >= 4 is 28.4 Å². The van der Waals surface area contributed by atoms with E-state index in [1.54, 1.807) is 0 Å². The maximum atomic E-state index is 13.6. The number of anilines is 1. The lowest BCUT2D eigenvalue weighted by atomic mass is 10.1. The van der Waals surface area contributed by atoms with Crippen molar-refractivity contribution in [2.75, 3.05) is 5.32 Å². The fourth-order valence-electron chi connectivity index (χ4n) is 1.95. The molecular weight excluding hydrogens is 328 g/mol. The van der Waals surface area contributed by atoms with Crippen LogP contribution < -0.4 is 21.5 Å². The van der Waals surface area contributed by atoms with Crippen LogP contribution in [0.2, 0.25) is 0 Å². The van der Waals surface area contributed by atoms with Crippen LogP contribution in [0, 0.1) is 11.6 Å². The van der Waals surface area contributed by atoms with Crippen LogP contribution in [0.4, 0.5) is 18.7 Å². The Morgan fingerprint density at radius 3 is 2.91 bits per heavy atom. The molecule has 2 heterocycles. The minimum Gasteiger partial charge on any atom is -0.312 e. The maximum Gasteiger partial charge on any atom is 0.330 e. The molecular formula is C13H11F2N5O2S. The highest BCUT2D eigenvalue weighted by Gasteiger charge is 2.26. The van der Waals surface area contributed by atoms with Gasteiger partial charge in [0.15, 0.2) is 11.3 Å². The lowest BCUT2D eigenvalue weighted by Gasteiger charge is -2.07. The Bertz CT molecular complexity index is 767. The quantitative estimate of drug-likeness (QED) is 0.671. The zero-order valence-electron chi connectivity index (χ0n) is 11.5. The normalized spacial score (nSPS) is 16.8. The second-order valence-electron chi connectivity index (χ2n) is 4.71. The average molecular weight is 339 g/mol. The molecule has 1 unspecified atom stereocenters. The van der Waals surface area contributed by atoms with Crippen LogP contribution in [-0.4, -0.2) is 23.1 Å². The molecule has 23 heavy (non-hydrogen) atoms. The van der Waals surface area contributed by atoms with Gasteiger partial charge in [-0.2, -0.15) is 0 Å².